The summed E-state index contributed by atoms with van der Waals surface area (Å²) in [6.45, 7) is 0. The van der Waals surface area contributed by atoms with Gasteiger partial charge in [-0.15, -0.1) is 0 Å². The summed E-state index contributed by atoms with van der Waals surface area (Å²) in [4.78, 5) is 28.8. The van der Waals surface area contributed by atoms with Crippen LogP contribution in [-0.2, 0) is 9.47 Å². The Hall–Kier alpha value is 0.649. The van der Waals surface area contributed by atoms with Gasteiger partial charge in [0.25, 0.3) is 0 Å². The van der Waals surface area contributed by atoms with Crippen LogP contribution >= 0.6 is 0 Å². The third-order valence-electron chi connectivity index (χ3n) is 0.341. The number of carbonyl (C=O) groups excluding carboxylic acids is 1. The third kappa shape index (κ3) is 22.9. The molecule has 0 aliphatic heterocycles. The van der Waals surface area contributed by atoms with E-state index in [9.17, 15) is 14.4 Å². The monoisotopic (exact) mass is 268 g/mol. The van der Waals surface area contributed by atoms with Gasteiger partial charge in [-0.3, -0.25) is 0 Å². The van der Waals surface area contributed by atoms with Crippen molar-refractivity contribution in [2.75, 3.05) is 0 Å². The molecule has 0 saturated carbocycles. The third-order valence-corrected chi connectivity index (χ3v) is 0.341. The topological polar surface area (TPSA) is 180 Å². The number of carboxylic acid groups (broad SMARTS) is 2. The van der Waals surface area contributed by atoms with Gasteiger partial charge in [0.1, 0.15) is 0 Å². The van der Waals surface area contributed by atoms with Crippen molar-refractivity contribution in [2.24, 2.45) is 0 Å². The van der Waals surface area contributed by atoms with Crippen LogP contribution in [-0.4, -0.2) is 104 Å². The molecule has 9 nitrogen and oxygen atoms in total. The number of carbonyl (C=O) groups is 3. The number of hydrogen-bond donors (Lipinski definition) is 4. The van der Waals surface area contributed by atoms with Crippen molar-refractivity contribution < 1.29 is 34.1 Å². The summed E-state index contributed by atoms with van der Waals surface area (Å²) >= 11 is 0. The Balaban J connectivity index is -0.0000000675. The second-order valence-electron chi connectivity index (χ2n) is 0.986. The van der Waals surface area contributed by atoms with Crippen molar-refractivity contribution in [2.45, 2.75) is 0 Å². The first-order valence-corrected chi connectivity index (χ1v) is 1.88. The minimum absolute atomic E-state index is 0. The normalized spacial score (nSPS) is 5.71. The van der Waals surface area contributed by atoms with Crippen molar-refractivity contribution in [3.8, 4) is 0 Å². The first-order chi connectivity index (χ1) is 4.52. The van der Waals surface area contributed by atoms with E-state index in [1.54, 1.807) is 0 Å². The molecule has 0 radical (unpaired) electrons. The molecule has 0 aromatic carbocycles. The van der Waals surface area contributed by atoms with Gasteiger partial charge >= 0.3 is 93.9 Å². The van der Waals surface area contributed by atoms with Gasteiger partial charge in [-0.05, 0) is 0 Å². The summed E-state index contributed by atoms with van der Waals surface area (Å²) in [6, 6.07) is 0. The predicted octanol–water partition coefficient (Wildman–Crippen LogP) is -1.01. The molecule has 0 amide bonds. The van der Waals surface area contributed by atoms with E-state index in [0.717, 1.165) is 0 Å². The summed E-state index contributed by atoms with van der Waals surface area (Å²) in [6.07, 6.45) is -5.64. The SMILES string of the molecule is N.N.O=C(O)OC(=O)OC(=O)O.[CaH2].[CaH2]. The Morgan fingerprint density at radius 2 is 1.00 bits per heavy atom. The van der Waals surface area contributed by atoms with E-state index in [1.807, 2.05) is 0 Å². The van der Waals surface area contributed by atoms with Gasteiger partial charge in [-0.1, -0.05) is 0 Å². The van der Waals surface area contributed by atoms with Gasteiger partial charge in [0, 0.05) is 0 Å². The summed E-state index contributed by atoms with van der Waals surface area (Å²) in [7, 11) is 0. The van der Waals surface area contributed by atoms with Crippen LogP contribution in [0, 0.1) is 0 Å². The van der Waals surface area contributed by atoms with Crippen molar-refractivity contribution in [1.29, 1.82) is 0 Å². The van der Waals surface area contributed by atoms with Gasteiger partial charge in [-0.25, -0.2) is 14.4 Å². The molecule has 0 atom stereocenters. The first kappa shape index (κ1) is 29.3. The molecule has 0 aromatic rings. The second kappa shape index (κ2) is 16.1. The first-order valence-electron chi connectivity index (χ1n) is 1.88. The van der Waals surface area contributed by atoms with E-state index in [2.05, 4.69) is 9.47 Å². The summed E-state index contributed by atoms with van der Waals surface area (Å²) in [5.74, 6) is 0. The van der Waals surface area contributed by atoms with Crippen LogP contribution in [0.25, 0.3) is 0 Å². The minimum atomic E-state index is -1.92. The van der Waals surface area contributed by atoms with Crippen LogP contribution in [0.3, 0.4) is 0 Å². The summed E-state index contributed by atoms with van der Waals surface area (Å²) in [5, 5.41) is 15.4. The van der Waals surface area contributed by atoms with Crippen LogP contribution < -0.4 is 12.3 Å². The summed E-state index contributed by atoms with van der Waals surface area (Å²) < 4.78 is 6.47. The molecule has 0 bridgehead atoms. The van der Waals surface area contributed by atoms with Crippen LogP contribution in [0.2, 0.25) is 0 Å². The van der Waals surface area contributed by atoms with Crippen molar-refractivity contribution in [3.63, 3.8) is 0 Å². The van der Waals surface area contributed by atoms with E-state index in [1.165, 1.54) is 0 Å². The van der Waals surface area contributed by atoms with Crippen LogP contribution in [0.15, 0.2) is 0 Å². The van der Waals surface area contributed by atoms with Gasteiger partial charge in [0.05, 0.1) is 0 Å². The molecular weight excluding hydrogens is 256 g/mol. The van der Waals surface area contributed by atoms with Crippen LogP contribution in [0.5, 0.6) is 0 Å². The maximum absolute atomic E-state index is 9.86. The second-order valence-corrected chi connectivity index (χ2v) is 0.986. The van der Waals surface area contributed by atoms with Gasteiger partial charge in [0.2, 0.25) is 0 Å². The molecule has 0 fully saturated rings. The zero-order chi connectivity index (χ0) is 8.15. The molecule has 0 aliphatic carbocycles. The Bertz CT molecular complexity index is 168. The van der Waals surface area contributed by atoms with Crippen LogP contribution in [0.1, 0.15) is 0 Å². The fraction of sp³-hybridized carbons (Fsp3) is 0. The Labute approximate surface area is 138 Å². The van der Waals surface area contributed by atoms with E-state index in [0.29, 0.717) is 0 Å². The Morgan fingerprint density at radius 3 is 1.14 bits per heavy atom. The average molecular weight is 268 g/mol. The summed E-state index contributed by atoms with van der Waals surface area (Å²) in [5.41, 5.74) is 0. The number of hydrogen-bond acceptors (Lipinski definition) is 7. The van der Waals surface area contributed by atoms with Crippen molar-refractivity contribution in [1.82, 2.24) is 12.3 Å². The van der Waals surface area contributed by atoms with Gasteiger partial charge < -0.3 is 32.0 Å². The molecule has 0 aliphatic rings. The fourth-order valence-electron chi connectivity index (χ4n) is 0.163. The van der Waals surface area contributed by atoms with Gasteiger partial charge in [0.15, 0.2) is 0 Å². The van der Waals surface area contributed by atoms with Crippen molar-refractivity contribution in [3.05, 3.63) is 0 Å². The van der Waals surface area contributed by atoms with E-state index in [4.69, 9.17) is 10.2 Å². The molecule has 8 N–H and O–H groups in total. The molecule has 0 unspecified atom stereocenters. The van der Waals surface area contributed by atoms with E-state index >= 15 is 0 Å². The van der Waals surface area contributed by atoms with E-state index < -0.39 is 18.5 Å². The molecular formula is C3H12Ca2N2O7. The van der Waals surface area contributed by atoms with Crippen LogP contribution in [0.4, 0.5) is 14.4 Å². The average Bonchev–Trinajstić information content (AvgIpc) is 1.58. The fourth-order valence-corrected chi connectivity index (χ4v) is 0.163. The molecule has 14 heavy (non-hydrogen) atoms. The molecule has 80 valence electrons. The Kier molecular flexibility index (Phi) is 33.7. The molecule has 0 saturated heterocycles. The quantitative estimate of drug-likeness (QED) is 0.243. The molecule has 0 aromatic heterocycles. The Morgan fingerprint density at radius 1 is 0.786 bits per heavy atom. The zero-order valence-corrected chi connectivity index (χ0v) is 5.85. The molecule has 11 heteroatoms. The molecule has 0 rings (SSSR count). The zero-order valence-electron chi connectivity index (χ0n) is 5.85. The number of rotatable bonds is 0. The maximum atomic E-state index is 9.86. The van der Waals surface area contributed by atoms with Crippen molar-refractivity contribution >= 4 is 93.9 Å². The van der Waals surface area contributed by atoms with Gasteiger partial charge in [-0.2, -0.15) is 0 Å². The standard InChI is InChI=1S/C3H2O7.2Ca.2H3N.4H/c4-1(5)9-3(8)10-2(6)7;;;;;;;;/h(H,4,5)(H,6,7);;;2*1H3;;;;. The predicted molar refractivity (Wildman–Crippen MR) is 50.7 cm³/mol. The molecule has 0 heterocycles. The molecule has 0 spiro atoms. The number of ether oxygens (including phenoxy) is 2. The van der Waals surface area contributed by atoms with E-state index in [-0.39, 0.29) is 87.8 Å².